The molecule has 0 saturated carbocycles. The monoisotopic (exact) mass is 461 g/mol. The van der Waals surface area contributed by atoms with Crippen molar-refractivity contribution in [3.63, 3.8) is 0 Å². The Labute approximate surface area is 179 Å². The first-order valence-corrected chi connectivity index (χ1v) is 12.7. The van der Waals surface area contributed by atoms with Crippen LogP contribution in [0, 0.1) is 0 Å². The van der Waals surface area contributed by atoms with Gasteiger partial charge in [-0.3, -0.25) is 19.8 Å². The molecule has 2 saturated heterocycles. The van der Waals surface area contributed by atoms with Crippen LogP contribution in [0.2, 0.25) is 0 Å². The number of β-lactam (4-membered cyclic amide) rings is 1. The highest BCUT2D eigenvalue weighted by molar-refractivity contribution is 8.13. The summed E-state index contributed by atoms with van der Waals surface area (Å²) in [7, 11) is 0. The van der Waals surface area contributed by atoms with E-state index in [4.69, 9.17) is 0 Å². The zero-order chi connectivity index (χ0) is 19.8. The van der Waals surface area contributed by atoms with Crippen LogP contribution in [0.25, 0.3) is 0 Å². The van der Waals surface area contributed by atoms with Crippen LogP contribution in [-0.4, -0.2) is 83.7 Å². The molecule has 3 N–H and O–H groups in total. The second-order valence-electron chi connectivity index (χ2n) is 6.46. The summed E-state index contributed by atoms with van der Waals surface area (Å²) in [4.78, 5) is 38.2. The molecular formula is C15H19N5O4S4. The predicted molar refractivity (Wildman–Crippen MR) is 114 cm³/mol. The number of carboxylic acids is 1. The van der Waals surface area contributed by atoms with Crippen LogP contribution in [-0.2, 0) is 14.4 Å². The number of hydrazone groups is 1. The smallest absolute Gasteiger partial charge is 0.352 e. The standard InChI is InChI=1S/C15H19N5O4S4/c1-7-20(17-6-27-7)28-3-8-2-26-14-10(13(22)19(14)11(8)15(23)24)18-12(21)9-4-25-5-16-9/h6-7,9-10,14,16H,2-5H2,1H3,(H,18,21)(H,23,24)/t7?,9?,10?,14-/m0/s1. The van der Waals surface area contributed by atoms with Crippen LogP contribution in [0.1, 0.15) is 6.92 Å². The lowest BCUT2D eigenvalue weighted by Gasteiger charge is -2.49. The third-order valence-electron chi connectivity index (χ3n) is 4.68. The zero-order valence-corrected chi connectivity index (χ0v) is 18.1. The normalized spacial score (nSPS) is 31.8. The van der Waals surface area contributed by atoms with Crippen molar-refractivity contribution in [2.45, 2.75) is 29.8 Å². The number of thioether (sulfide) groups is 3. The van der Waals surface area contributed by atoms with E-state index in [0.29, 0.717) is 28.7 Å². The van der Waals surface area contributed by atoms with E-state index < -0.39 is 12.0 Å². The molecule has 3 unspecified atom stereocenters. The highest BCUT2D eigenvalue weighted by atomic mass is 32.2. The number of carbonyl (C=O) groups is 3. The molecule has 0 aromatic heterocycles. The number of amides is 2. The third kappa shape index (κ3) is 3.74. The average Bonchev–Trinajstić information content (AvgIpc) is 3.35. The summed E-state index contributed by atoms with van der Waals surface area (Å²) in [5.74, 6) is 0.667. The molecule has 0 aromatic carbocycles. The Morgan fingerprint density at radius 2 is 2.32 bits per heavy atom. The first-order valence-electron chi connectivity index (χ1n) is 8.59. The lowest BCUT2D eigenvalue weighted by Crippen LogP contribution is -2.71. The Morgan fingerprint density at radius 1 is 1.50 bits per heavy atom. The lowest BCUT2D eigenvalue weighted by molar-refractivity contribution is -0.150. The Hall–Kier alpha value is -1.02. The van der Waals surface area contributed by atoms with Crippen LogP contribution in [0.3, 0.4) is 0 Å². The Morgan fingerprint density at radius 3 is 2.96 bits per heavy atom. The van der Waals surface area contributed by atoms with E-state index in [1.54, 1.807) is 29.1 Å². The molecule has 13 heteroatoms. The Bertz CT molecular complexity index is 757. The highest BCUT2D eigenvalue weighted by Crippen LogP contribution is 2.42. The number of nitrogens with one attached hydrogen (secondary N) is 2. The van der Waals surface area contributed by atoms with Gasteiger partial charge in [-0.1, -0.05) is 11.8 Å². The largest absolute Gasteiger partial charge is 0.477 e. The van der Waals surface area contributed by atoms with Crippen molar-refractivity contribution >= 4 is 70.6 Å². The van der Waals surface area contributed by atoms with E-state index in [2.05, 4.69) is 15.7 Å². The molecule has 2 amide bonds. The quantitative estimate of drug-likeness (QED) is 0.379. The summed E-state index contributed by atoms with van der Waals surface area (Å²) in [5, 5.41) is 19.6. The van der Waals surface area contributed by atoms with Gasteiger partial charge in [-0.05, 0) is 24.4 Å². The van der Waals surface area contributed by atoms with Gasteiger partial charge in [-0.2, -0.15) is 5.10 Å². The predicted octanol–water partition coefficient (Wildman–Crippen LogP) is 0.374. The zero-order valence-electron chi connectivity index (χ0n) is 14.9. The lowest BCUT2D eigenvalue weighted by atomic mass is 10.0. The minimum absolute atomic E-state index is 0.0461. The molecule has 28 heavy (non-hydrogen) atoms. The van der Waals surface area contributed by atoms with E-state index in [1.807, 2.05) is 11.3 Å². The number of fused-ring (bicyclic) bond motifs is 1. The van der Waals surface area contributed by atoms with Gasteiger partial charge in [0.1, 0.15) is 22.5 Å². The second-order valence-corrected chi connectivity index (χ2v) is 10.7. The van der Waals surface area contributed by atoms with Gasteiger partial charge in [-0.15, -0.1) is 23.5 Å². The number of hydrogen-bond acceptors (Lipinski definition) is 10. The molecule has 0 aliphatic carbocycles. The summed E-state index contributed by atoms with van der Waals surface area (Å²) in [6, 6.07) is -0.976. The molecule has 152 valence electrons. The summed E-state index contributed by atoms with van der Waals surface area (Å²) in [5.41, 5.74) is 2.51. The van der Waals surface area contributed by atoms with Gasteiger partial charge < -0.3 is 10.4 Å². The van der Waals surface area contributed by atoms with Gasteiger partial charge in [0, 0.05) is 23.1 Å². The van der Waals surface area contributed by atoms with Crippen molar-refractivity contribution in [3.05, 3.63) is 11.3 Å². The van der Waals surface area contributed by atoms with Crippen molar-refractivity contribution in [2.75, 3.05) is 23.1 Å². The summed E-state index contributed by atoms with van der Waals surface area (Å²) >= 11 is 6.15. The summed E-state index contributed by atoms with van der Waals surface area (Å²) in [6.45, 7) is 2.02. The number of nitrogens with zero attached hydrogens (tertiary/aromatic N) is 3. The molecule has 4 aliphatic rings. The van der Waals surface area contributed by atoms with E-state index in [-0.39, 0.29) is 34.3 Å². The second kappa shape index (κ2) is 8.38. The van der Waals surface area contributed by atoms with E-state index in [1.165, 1.54) is 28.6 Å². The van der Waals surface area contributed by atoms with E-state index >= 15 is 0 Å². The Balaban J connectivity index is 1.43. The van der Waals surface area contributed by atoms with Gasteiger partial charge in [0.15, 0.2) is 0 Å². The van der Waals surface area contributed by atoms with Gasteiger partial charge in [-0.25, -0.2) is 9.21 Å². The fraction of sp³-hybridized carbons (Fsp3) is 0.600. The summed E-state index contributed by atoms with van der Waals surface area (Å²) < 4.78 is 1.83. The number of carbonyl (C=O) groups excluding carboxylic acids is 2. The van der Waals surface area contributed by atoms with Crippen LogP contribution in [0.15, 0.2) is 16.4 Å². The molecule has 0 bridgehead atoms. The summed E-state index contributed by atoms with van der Waals surface area (Å²) in [6.07, 6.45) is 0. The molecular weight excluding hydrogens is 442 g/mol. The van der Waals surface area contributed by atoms with Gasteiger partial charge >= 0.3 is 5.97 Å². The van der Waals surface area contributed by atoms with Crippen LogP contribution in [0.5, 0.6) is 0 Å². The molecule has 0 aromatic rings. The fourth-order valence-corrected chi connectivity index (χ4v) is 7.35. The first kappa shape index (κ1) is 20.3. The molecule has 4 rings (SSSR count). The number of hydrogen-bond donors (Lipinski definition) is 3. The van der Waals surface area contributed by atoms with Crippen LogP contribution in [0.4, 0.5) is 0 Å². The molecule has 4 aliphatic heterocycles. The molecule has 0 spiro atoms. The SMILES string of the molecule is CC1SC=NN1SCC1=C(C(=O)O)N2C(=O)C(NC(=O)C3CSCN3)[C@@H]2SC1. The maximum atomic E-state index is 12.6. The molecule has 4 atom stereocenters. The first-order chi connectivity index (χ1) is 13.5. The van der Waals surface area contributed by atoms with Crippen molar-refractivity contribution in [1.82, 2.24) is 19.9 Å². The molecule has 9 nitrogen and oxygen atoms in total. The third-order valence-corrected chi connectivity index (χ3v) is 9.06. The van der Waals surface area contributed by atoms with E-state index in [9.17, 15) is 19.5 Å². The maximum Gasteiger partial charge on any atom is 0.352 e. The minimum atomic E-state index is -1.11. The van der Waals surface area contributed by atoms with Gasteiger partial charge in [0.25, 0.3) is 5.91 Å². The Kier molecular flexibility index (Phi) is 6.06. The van der Waals surface area contributed by atoms with Crippen LogP contribution < -0.4 is 10.6 Å². The molecule has 4 heterocycles. The highest BCUT2D eigenvalue weighted by Gasteiger charge is 2.54. The average molecular weight is 462 g/mol. The van der Waals surface area contributed by atoms with Crippen LogP contribution >= 0.6 is 47.2 Å². The number of aliphatic carboxylic acids is 1. The van der Waals surface area contributed by atoms with Crippen molar-refractivity contribution in [3.8, 4) is 0 Å². The number of rotatable bonds is 6. The topological polar surface area (TPSA) is 114 Å². The molecule has 0 radical (unpaired) electrons. The van der Waals surface area contributed by atoms with Gasteiger partial charge in [0.05, 0.1) is 11.6 Å². The fourth-order valence-electron chi connectivity index (χ4n) is 3.20. The van der Waals surface area contributed by atoms with Gasteiger partial charge in [0.2, 0.25) is 5.91 Å². The van der Waals surface area contributed by atoms with E-state index in [0.717, 1.165) is 0 Å². The van der Waals surface area contributed by atoms with Crippen molar-refractivity contribution < 1.29 is 19.5 Å². The maximum absolute atomic E-state index is 12.6. The van der Waals surface area contributed by atoms with Crippen molar-refractivity contribution in [1.29, 1.82) is 0 Å². The van der Waals surface area contributed by atoms with Crippen molar-refractivity contribution in [2.24, 2.45) is 5.10 Å². The minimum Gasteiger partial charge on any atom is -0.477 e. The number of carboxylic acid groups (broad SMARTS) is 1. The molecule has 2 fully saturated rings.